The fourth-order valence-corrected chi connectivity index (χ4v) is 3.82. The Morgan fingerprint density at radius 3 is 2.73 bits per heavy atom. The molecule has 30 heavy (non-hydrogen) atoms. The number of rotatable bonds is 9. The fraction of sp³-hybridized carbons (Fsp3) is 0.150. The van der Waals surface area contributed by atoms with Gasteiger partial charge in [0.1, 0.15) is 12.4 Å². The molecule has 0 atom stereocenters. The largest absolute Gasteiger partial charge is 0.486 e. The lowest BCUT2D eigenvalue weighted by atomic mass is 10.3. The number of halogens is 3. The van der Waals surface area contributed by atoms with E-state index < -0.39 is 0 Å². The van der Waals surface area contributed by atoms with E-state index in [0.29, 0.717) is 33.3 Å². The SMILES string of the molecule is C=CCn1c(COc2ccc(Br)cc2)nnc1SCC(=O)Nc1cccc(Cl)c1Cl. The predicted molar refractivity (Wildman–Crippen MR) is 125 cm³/mol. The molecule has 156 valence electrons. The molecule has 0 unspecified atom stereocenters. The molecule has 0 spiro atoms. The number of allylic oxidation sites excluding steroid dienone is 1. The molecular formula is C20H17BrCl2N4O2S. The van der Waals surface area contributed by atoms with Gasteiger partial charge in [-0.15, -0.1) is 16.8 Å². The lowest BCUT2D eigenvalue weighted by molar-refractivity contribution is -0.113. The minimum absolute atomic E-state index is 0.131. The maximum absolute atomic E-state index is 12.3. The second-order valence-corrected chi connectivity index (χ2v) is 8.62. The summed E-state index contributed by atoms with van der Waals surface area (Å²) < 4.78 is 8.61. The zero-order valence-electron chi connectivity index (χ0n) is 15.6. The summed E-state index contributed by atoms with van der Waals surface area (Å²) in [5.41, 5.74) is 0.464. The van der Waals surface area contributed by atoms with Crippen LogP contribution in [-0.2, 0) is 17.9 Å². The van der Waals surface area contributed by atoms with Crippen LogP contribution in [0, 0.1) is 0 Å². The van der Waals surface area contributed by atoms with E-state index in [4.69, 9.17) is 27.9 Å². The third kappa shape index (κ3) is 6.01. The molecule has 0 fully saturated rings. The average Bonchev–Trinajstić information content (AvgIpc) is 3.11. The molecule has 10 heteroatoms. The highest BCUT2D eigenvalue weighted by Crippen LogP contribution is 2.30. The third-order valence-electron chi connectivity index (χ3n) is 3.84. The van der Waals surface area contributed by atoms with E-state index in [9.17, 15) is 4.79 Å². The summed E-state index contributed by atoms with van der Waals surface area (Å²) in [5.74, 6) is 1.26. The standard InChI is InChI=1S/C20H17BrCl2N4O2S/c1-2-10-27-17(11-29-14-8-6-13(21)7-9-14)25-26-20(27)30-12-18(28)24-16-5-3-4-15(22)19(16)23/h2-9H,1,10-12H2,(H,24,28). The predicted octanol–water partition coefficient (Wildman–Crippen LogP) is 5.84. The van der Waals surface area contributed by atoms with E-state index in [2.05, 4.69) is 38.0 Å². The first-order valence-corrected chi connectivity index (χ1v) is 11.3. The highest BCUT2D eigenvalue weighted by atomic mass is 79.9. The lowest BCUT2D eigenvalue weighted by Gasteiger charge is -2.10. The van der Waals surface area contributed by atoms with E-state index in [-0.39, 0.29) is 18.3 Å². The summed E-state index contributed by atoms with van der Waals surface area (Å²) in [6, 6.07) is 12.6. The average molecular weight is 528 g/mol. The number of nitrogens with one attached hydrogen (secondary N) is 1. The van der Waals surface area contributed by atoms with Crippen LogP contribution in [0.5, 0.6) is 5.75 Å². The van der Waals surface area contributed by atoms with Crippen molar-refractivity contribution >= 4 is 62.5 Å². The van der Waals surface area contributed by atoms with Crippen LogP contribution in [0.3, 0.4) is 0 Å². The van der Waals surface area contributed by atoms with Gasteiger partial charge >= 0.3 is 0 Å². The van der Waals surface area contributed by atoms with E-state index in [0.717, 1.165) is 10.2 Å². The van der Waals surface area contributed by atoms with Crippen molar-refractivity contribution in [1.82, 2.24) is 14.8 Å². The molecule has 3 rings (SSSR count). The van der Waals surface area contributed by atoms with Crippen LogP contribution in [0.2, 0.25) is 10.0 Å². The Hall–Kier alpha value is -2.00. The summed E-state index contributed by atoms with van der Waals surface area (Å²) in [4.78, 5) is 12.3. The van der Waals surface area contributed by atoms with Crippen LogP contribution in [0.25, 0.3) is 0 Å². The first kappa shape index (κ1) is 22.7. The first-order chi connectivity index (χ1) is 14.5. The van der Waals surface area contributed by atoms with E-state index in [1.807, 2.05) is 28.8 Å². The Bertz CT molecular complexity index is 1040. The Labute approximate surface area is 196 Å². The zero-order chi connectivity index (χ0) is 21.5. The van der Waals surface area contributed by atoms with Gasteiger partial charge in [0.25, 0.3) is 0 Å². The number of carbonyl (C=O) groups is 1. The Balaban J connectivity index is 1.62. The van der Waals surface area contributed by atoms with Crippen LogP contribution >= 0.6 is 50.9 Å². The van der Waals surface area contributed by atoms with Crippen molar-refractivity contribution in [3.05, 3.63) is 75.5 Å². The number of hydrogen-bond donors (Lipinski definition) is 1. The van der Waals surface area contributed by atoms with Crippen molar-refractivity contribution in [3.8, 4) is 5.75 Å². The number of nitrogens with zero attached hydrogens (tertiary/aromatic N) is 3. The molecule has 0 radical (unpaired) electrons. The molecule has 1 heterocycles. The van der Waals surface area contributed by atoms with Crippen LogP contribution in [-0.4, -0.2) is 26.4 Å². The van der Waals surface area contributed by atoms with Gasteiger partial charge in [-0.2, -0.15) is 0 Å². The molecule has 0 saturated carbocycles. The van der Waals surface area contributed by atoms with Crippen LogP contribution in [0.15, 0.2) is 64.7 Å². The minimum atomic E-state index is -0.231. The molecule has 3 aromatic rings. The van der Waals surface area contributed by atoms with Gasteiger partial charge in [-0.1, -0.05) is 63.0 Å². The van der Waals surface area contributed by atoms with Crippen LogP contribution < -0.4 is 10.1 Å². The van der Waals surface area contributed by atoms with Gasteiger partial charge in [-0.3, -0.25) is 9.36 Å². The smallest absolute Gasteiger partial charge is 0.234 e. The topological polar surface area (TPSA) is 69.0 Å². The maximum atomic E-state index is 12.3. The van der Waals surface area contributed by atoms with Gasteiger partial charge in [-0.05, 0) is 36.4 Å². The number of hydrogen-bond acceptors (Lipinski definition) is 5. The molecule has 0 bridgehead atoms. The van der Waals surface area contributed by atoms with Crippen molar-refractivity contribution in [1.29, 1.82) is 0 Å². The molecule has 1 amide bonds. The van der Waals surface area contributed by atoms with Crippen LogP contribution in [0.1, 0.15) is 5.82 Å². The number of benzene rings is 2. The highest BCUT2D eigenvalue weighted by molar-refractivity contribution is 9.10. The molecule has 2 aromatic carbocycles. The number of ether oxygens (including phenoxy) is 1. The van der Waals surface area contributed by atoms with Crippen LogP contribution in [0.4, 0.5) is 5.69 Å². The first-order valence-electron chi connectivity index (χ1n) is 8.76. The van der Waals surface area contributed by atoms with Gasteiger partial charge in [0, 0.05) is 11.0 Å². The molecule has 1 aromatic heterocycles. The second-order valence-electron chi connectivity index (χ2n) is 5.98. The fourth-order valence-electron chi connectivity index (χ4n) is 2.44. The minimum Gasteiger partial charge on any atom is -0.486 e. The Morgan fingerprint density at radius 1 is 1.23 bits per heavy atom. The van der Waals surface area contributed by atoms with Gasteiger partial charge in [0.2, 0.25) is 5.91 Å². The summed E-state index contributed by atoms with van der Waals surface area (Å²) in [6.45, 7) is 4.52. The van der Waals surface area contributed by atoms with Crippen molar-refractivity contribution in [2.45, 2.75) is 18.3 Å². The van der Waals surface area contributed by atoms with Gasteiger partial charge in [0.05, 0.1) is 21.5 Å². The molecule has 0 aliphatic carbocycles. The van der Waals surface area contributed by atoms with E-state index >= 15 is 0 Å². The maximum Gasteiger partial charge on any atom is 0.234 e. The van der Waals surface area contributed by atoms with Gasteiger partial charge in [-0.25, -0.2) is 0 Å². The number of anilines is 1. The van der Waals surface area contributed by atoms with Gasteiger partial charge < -0.3 is 10.1 Å². The molecule has 0 saturated heterocycles. The quantitative estimate of drug-likeness (QED) is 0.279. The highest BCUT2D eigenvalue weighted by Gasteiger charge is 2.15. The second kappa shape index (κ2) is 10.9. The van der Waals surface area contributed by atoms with E-state index in [1.54, 1.807) is 24.3 Å². The molecule has 6 nitrogen and oxygen atoms in total. The summed E-state index contributed by atoms with van der Waals surface area (Å²) >= 11 is 16.7. The van der Waals surface area contributed by atoms with E-state index in [1.165, 1.54) is 11.8 Å². The van der Waals surface area contributed by atoms with Crippen molar-refractivity contribution < 1.29 is 9.53 Å². The number of amides is 1. The van der Waals surface area contributed by atoms with Crippen molar-refractivity contribution in [3.63, 3.8) is 0 Å². The molecule has 1 N–H and O–H groups in total. The van der Waals surface area contributed by atoms with Crippen molar-refractivity contribution in [2.75, 3.05) is 11.1 Å². The number of aromatic nitrogens is 3. The third-order valence-corrected chi connectivity index (χ3v) is 6.16. The molecule has 0 aliphatic heterocycles. The molecule has 0 aliphatic rings. The van der Waals surface area contributed by atoms with Gasteiger partial charge in [0.15, 0.2) is 11.0 Å². The number of carbonyl (C=O) groups excluding carboxylic acids is 1. The zero-order valence-corrected chi connectivity index (χ0v) is 19.6. The lowest BCUT2D eigenvalue weighted by Crippen LogP contribution is -2.15. The summed E-state index contributed by atoms with van der Waals surface area (Å²) in [6.07, 6.45) is 1.74. The summed E-state index contributed by atoms with van der Waals surface area (Å²) in [7, 11) is 0. The molecular weight excluding hydrogens is 511 g/mol. The Kier molecular flexibility index (Phi) is 8.21. The number of thioether (sulfide) groups is 1. The van der Waals surface area contributed by atoms with Crippen molar-refractivity contribution in [2.24, 2.45) is 0 Å². The summed E-state index contributed by atoms with van der Waals surface area (Å²) in [5, 5.41) is 12.4. The Morgan fingerprint density at radius 2 is 2.00 bits per heavy atom. The normalized spacial score (nSPS) is 10.6. The monoisotopic (exact) mass is 526 g/mol.